The molecule has 2 unspecified atom stereocenters. The summed E-state index contributed by atoms with van der Waals surface area (Å²) in [5.41, 5.74) is 5.65. The molecule has 0 saturated carbocycles. The van der Waals surface area contributed by atoms with Crippen molar-refractivity contribution in [2.75, 3.05) is 24.3 Å². The van der Waals surface area contributed by atoms with E-state index in [0.717, 1.165) is 13.0 Å². The van der Waals surface area contributed by atoms with Crippen molar-refractivity contribution in [1.82, 2.24) is 15.0 Å². The number of nitrogens with two attached hydrogens (primary N) is 1. The molecule has 0 bridgehead atoms. The van der Waals surface area contributed by atoms with Gasteiger partial charge in [-0.15, -0.1) is 0 Å². The lowest BCUT2D eigenvalue weighted by Gasteiger charge is -2.36. The summed E-state index contributed by atoms with van der Waals surface area (Å²) < 4.78 is 5.02. The molecule has 1 saturated heterocycles. The highest BCUT2D eigenvalue weighted by molar-refractivity contribution is 5.37. The van der Waals surface area contributed by atoms with E-state index in [0.29, 0.717) is 17.9 Å². The van der Waals surface area contributed by atoms with Crippen molar-refractivity contribution < 1.29 is 4.74 Å². The maximum Gasteiger partial charge on any atom is 0.322 e. The molecule has 1 aliphatic rings. The van der Waals surface area contributed by atoms with Crippen molar-refractivity contribution in [1.29, 1.82) is 0 Å². The highest BCUT2D eigenvalue weighted by atomic mass is 16.5. The Morgan fingerprint density at radius 3 is 2.71 bits per heavy atom. The summed E-state index contributed by atoms with van der Waals surface area (Å²) in [5, 5.41) is 0. The van der Waals surface area contributed by atoms with Gasteiger partial charge in [0.1, 0.15) is 0 Å². The molecule has 0 radical (unpaired) electrons. The van der Waals surface area contributed by atoms with E-state index in [1.165, 1.54) is 13.5 Å². The van der Waals surface area contributed by atoms with Crippen molar-refractivity contribution in [3.05, 3.63) is 0 Å². The van der Waals surface area contributed by atoms with Crippen LogP contribution < -0.4 is 15.4 Å². The van der Waals surface area contributed by atoms with Crippen molar-refractivity contribution in [2.45, 2.75) is 32.7 Å². The normalized spacial score (nSPS) is 24.8. The Kier molecular flexibility index (Phi) is 3.31. The molecule has 0 aliphatic carbocycles. The van der Waals surface area contributed by atoms with Gasteiger partial charge in [0.15, 0.2) is 0 Å². The Balaban J connectivity index is 2.28. The first-order valence-corrected chi connectivity index (χ1v) is 5.92. The lowest BCUT2D eigenvalue weighted by Crippen LogP contribution is -2.42. The first-order valence-electron chi connectivity index (χ1n) is 5.92. The summed E-state index contributed by atoms with van der Waals surface area (Å²) in [6, 6.07) is 0.704. The predicted molar refractivity (Wildman–Crippen MR) is 66.0 cm³/mol. The number of methoxy groups -OCH3 is 1. The van der Waals surface area contributed by atoms with E-state index in [2.05, 4.69) is 33.7 Å². The quantitative estimate of drug-likeness (QED) is 0.829. The SMILES string of the molecule is COc1nc(N)nc(N2CC(C)CCC2C)n1. The van der Waals surface area contributed by atoms with Crippen LogP contribution in [-0.4, -0.2) is 34.6 Å². The van der Waals surface area contributed by atoms with Crippen molar-refractivity contribution in [3.8, 4) is 6.01 Å². The van der Waals surface area contributed by atoms with Crippen LogP contribution in [0.5, 0.6) is 6.01 Å². The van der Waals surface area contributed by atoms with E-state index >= 15 is 0 Å². The van der Waals surface area contributed by atoms with Gasteiger partial charge in [0.2, 0.25) is 11.9 Å². The van der Waals surface area contributed by atoms with Crippen molar-refractivity contribution >= 4 is 11.9 Å². The topological polar surface area (TPSA) is 77.2 Å². The first-order chi connectivity index (χ1) is 8.10. The van der Waals surface area contributed by atoms with E-state index in [9.17, 15) is 0 Å². The van der Waals surface area contributed by atoms with Crippen molar-refractivity contribution in [3.63, 3.8) is 0 Å². The predicted octanol–water partition coefficient (Wildman–Crippen LogP) is 1.09. The van der Waals surface area contributed by atoms with Crippen LogP contribution in [0.1, 0.15) is 26.7 Å². The average Bonchev–Trinajstić information content (AvgIpc) is 2.31. The zero-order valence-electron chi connectivity index (χ0n) is 10.6. The van der Waals surface area contributed by atoms with Gasteiger partial charge in [0.05, 0.1) is 7.11 Å². The van der Waals surface area contributed by atoms with E-state index < -0.39 is 0 Å². The molecule has 6 nitrogen and oxygen atoms in total. The third-order valence-corrected chi connectivity index (χ3v) is 3.18. The fraction of sp³-hybridized carbons (Fsp3) is 0.727. The average molecular weight is 237 g/mol. The lowest BCUT2D eigenvalue weighted by molar-refractivity contribution is 0.367. The van der Waals surface area contributed by atoms with Crippen LogP contribution in [0.2, 0.25) is 0 Å². The lowest BCUT2D eigenvalue weighted by atomic mass is 9.95. The molecule has 2 N–H and O–H groups in total. The van der Waals surface area contributed by atoms with Gasteiger partial charge in [-0.1, -0.05) is 6.92 Å². The summed E-state index contributed by atoms with van der Waals surface area (Å²) in [5.74, 6) is 1.47. The summed E-state index contributed by atoms with van der Waals surface area (Å²) >= 11 is 0. The third-order valence-electron chi connectivity index (χ3n) is 3.18. The standard InChI is InChI=1S/C11H19N5O/c1-7-4-5-8(2)16(6-7)10-13-9(12)14-11(15-10)17-3/h7-8H,4-6H2,1-3H3,(H2,12,13,14,15). The van der Waals surface area contributed by atoms with Crippen LogP contribution in [0.25, 0.3) is 0 Å². The Morgan fingerprint density at radius 1 is 1.24 bits per heavy atom. The molecule has 6 heteroatoms. The number of anilines is 2. The van der Waals surface area contributed by atoms with Gasteiger partial charge in [-0.05, 0) is 25.7 Å². The molecule has 94 valence electrons. The van der Waals surface area contributed by atoms with E-state index in [1.807, 2.05) is 0 Å². The fourth-order valence-corrected chi connectivity index (χ4v) is 2.15. The van der Waals surface area contributed by atoms with Crippen LogP contribution in [0.3, 0.4) is 0 Å². The van der Waals surface area contributed by atoms with Gasteiger partial charge >= 0.3 is 6.01 Å². The summed E-state index contributed by atoms with van der Waals surface area (Å²) in [6.45, 7) is 5.37. The van der Waals surface area contributed by atoms with Gasteiger partial charge in [-0.25, -0.2) is 0 Å². The van der Waals surface area contributed by atoms with Crippen LogP contribution in [0.15, 0.2) is 0 Å². The van der Waals surface area contributed by atoms with Gasteiger partial charge in [0.25, 0.3) is 0 Å². The molecule has 0 spiro atoms. The molecule has 2 heterocycles. The van der Waals surface area contributed by atoms with Crippen LogP contribution in [0, 0.1) is 5.92 Å². The minimum Gasteiger partial charge on any atom is -0.467 e. The molecule has 0 amide bonds. The second kappa shape index (κ2) is 4.73. The monoisotopic (exact) mass is 237 g/mol. The second-order valence-electron chi connectivity index (χ2n) is 4.66. The molecule has 1 aliphatic heterocycles. The molecule has 0 aromatic carbocycles. The molecule has 1 aromatic heterocycles. The van der Waals surface area contributed by atoms with Gasteiger partial charge in [-0.2, -0.15) is 15.0 Å². The zero-order valence-corrected chi connectivity index (χ0v) is 10.6. The van der Waals surface area contributed by atoms with E-state index in [1.54, 1.807) is 0 Å². The van der Waals surface area contributed by atoms with Crippen LogP contribution in [-0.2, 0) is 0 Å². The molecule has 1 fully saturated rings. The number of hydrogen-bond donors (Lipinski definition) is 1. The number of nitrogen functional groups attached to an aromatic ring is 1. The second-order valence-corrected chi connectivity index (χ2v) is 4.66. The number of rotatable bonds is 2. The highest BCUT2D eigenvalue weighted by Gasteiger charge is 2.25. The zero-order chi connectivity index (χ0) is 12.4. The number of aromatic nitrogens is 3. The van der Waals surface area contributed by atoms with Crippen LogP contribution >= 0.6 is 0 Å². The number of piperidine rings is 1. The minimum absolute atomic E-state index is 0.206. The van der Waals surface area contributed by atoms with Crippen LogP contribution in [0.4, 0.5) is 11.9 Å². The number of nitrogens with zero attached hydrogens (tertiary/aromatic N) is 4. The Hall–Kier alpha value is -1.59. The largest absolute Gasteiger partial charge is 0.467 e. The Bertz CT molecular complexity index is 397. The fourth-order valence-electron chi connectivity index (χ4n) is 2.15. The Labute approximate surface area is 101 Å². The summed E-state index contributed by atoms with van der Waals surface area (Å²) in [6.07, 6.45) is 2.39. The third kappa shape index (κ3) is 2.57. The number of ether oxygens (including phenoxy) is 1. The summed E-state index contributed by atoms with van der Waals surface area (Å²) in [7, 11) is 1.53. The molecule has 1 aromatic rings. The summed E-state index contributed by atoms with van der Waals surface area (Å²) in [4.78, 5) is 14.5. The highest BCUT2D eigenvalue weighted by Crippen LogP contribution is 2.25. The maximum absolute atomic E-state index is 5.65. The van der Waals surface area contributed by atoms with Gasteiger partial charge in [0, 0.05) is 12.6 Å². The van der Waals surface area contributed by atoms with Gasteiger partial charge in [-0.3, -0.25) is 0 Å². The Morgan fingerprint density at radius 2 is 2.00 bits per heavy atom. The minimum atomic E-state index is 0.206. The molecular formula is C11H19N5O. The molecule has 2 rings (SSSR count). The van der Waals surface area contributed by atoms with E-state index in [4.69, 9.17) is 10.5 Å². The smallest absolute Gasteiger partial charge is 0.322 e. The molecule has 2 atom stereocenters. The van der Waals surface area contributed by atoms with Gasteiger partial charge < -0.3 is 15.4 Å². The molecular weight excluding hydrogens is 218 g/mol. The van der Waals surface area contributed by atoms with Crippen molar-refractivity contribution in [2.24, 2.45) is 5.92 Å². The van der Waals surface area contributed by atoms with E-state index in [-0.39, 0.29) is 12.0 Å². The first kappa shape index (κ1) is 11.9. The maximum atomic E-state index is 5.65. The number of hydrogen-bond acceptors (Lipinski definition) is 6. The molecule has 17 heavy (non-hydrogen) atoms.